The van der Waals surface area contributed by atoms with Crippen molar-refractivity contribution in [3.05, 3.63) is 34.3 Å². The summed E-state index contributed by atoms with van der Waals surface area (Å²) in [4.78, 5) is 2.65. The molecule has 1 saturated heterocycles. The van der Waals surface area contributed by atoms with Crippen LogP contribution in [0.1, 0.15) is 56.6 Å². The molecule has 0 amide bonds. The van der Waals surface area contributed by atoms with Crippen molar-refractivity contribution in [3.63, 3.8) is 0 Å². The van der Waals surface area contributed by atoms with Crippen LogP contribution < -0.4 is 0 Å². The molecule has 1 aromatic rings. The van der Waals surface area contributed by atoms with E-state index in [0.717, 1.165) is 35.0 Å². The second-order valence-corrected chi connectivity index (χ2v) is 7.56. The third kappa shape index (κ3) is 3.88. The van der Waals surface area contributed by atoms with Crippen LogP contribution in [0.5, 0.6) is 0 Å². The summed E-state index contributed by atoms with van der Waals surface area (Å²) in [7, 11) is 0. The molecule has 0 bridgehead atoms. The molecule has 116 valence electrons. The van der Waals surface area contributed by atoms with Crippen LogP contribution in [0.2, 0.25) is 0 Å². The van der Waals surface area contributed by atoms with Gasteiger partial charge in [0, 0.05) is 17.1 Å². The average molecular weight is 352 g/mol. The lowest BCUT2D eigenvalue weighted by Gasteiger charge is -2.30. The first-order valence-electron chi connectivity index (χ1n) is 8.41. The molecule has 2 aliphatic rings. The van der Waals surface area contributed by atoms with Gasteiger partial charge in [0.05, 0.1) is 6.10 Å². The maximum atomic E-state index is 10.4. The van der Waals surface area contributed by atoms with Gasteiger partial charge in [-0.25, -0.2) is 0 Å². The average Bonchev–Trinajstić information content (AvgIpc) is 3.16. The number of benzene rings is 1. The number of halogens is 1. The lowest BCUT2D eigenvalue weighted by molar-refractivity contribution is 0.124. The Kier molecular flexibility index (Phi) is 5.36. The molecular formula is C18H26BrNO. The van der Waals surface area contributed by atoms with E-state index in [2.05, 4.69) is 20.8 Å². The van der Waals surface area contributed by atoms with Crippen LogP contribution in [0.3, 0.4) is 0 Å². The van der Waals surface area contributed by atoms with E-state index >= 15 is 0 Å². The molecule has 3 heteroatoms. The Morgan fingerprint density at radius 2 is 1.81 bits per heavy atom. The van der Waals surface area contributed by atoms with Gasteiger partial charge in [-0.1, -0.05) is 40.9 Å². The van der Waals surface area contributed by atoms with Crippen molar-refractivity contribution in [3.8, 4) is 0 Å². The molecule has 2 unspecified atom stereocenters. The van der Waals surface area contributed by atoms with Crippen LogP contribution >= 0.6 is 15.9 Å². The van der Waals surface area contributed by atoms with Gasteiger partial charge in [-0.2, -0.15) is 0 Å². The van der Waals surface area contributed by atoms with Gasteiger partial charge in [0.15, 0.2) is 0 Å². The van der Waals surface area contributed by atoms with Crippen molar-refractivity contribution in [1.82, 2.24) is 4.90 Å². The van der Waals surface area contributed by atoms with E-state index in [0.29, 0.717) is 0 Å². The van der Waals surface area contributed by atoms with Gasteiger partial charge in [0.1, 0.15) is 0 Å². The Labute approximate surface area is 136 Å². The van der Waals surface area contributed by atoms with E-state index in [4.69, 9.17) is 0 Å². The third-order valence-corrected chi connectivity index (χ3v) is 5.83. The number of hydrogen-bond acceptors (Lipinski definition) is 2. The van der Waals surface area contributed by atoms with Gasteiger partial charge in [0.2, 0.25) is 0 Å². The number of aliphatic hydroxyl groups is 1. The smallest absolute Gasteiger partial charge is 0.0802 e. The van der Waals surface area contributed by atoms with Gasteiger partial charge >= 0.3 is 0 Å². The van der Waals surface area contributed by atoms with Crippen molar-refractivity contribution >= 4 is 15.9 Å². The van der Waals surface area contributed by atoms with Crippen LogP contribution in [0.15, 0.2) is 28.7 Å². The molecule has 3 rings (SSSR count). The number of hydrogen-bond donors (Lipinski definition) is 1. The van der Waals surface area contributed by atoms with Gasteiger partial charge in [0.25, 0.3) is 0 Å². The van der Waals surface area contributed by atoms with Gasteiger partial charge in [-0.3, -0.25) is 0 Å². The highest BCUT2D eigenvalue weighted by atomic mass is 79.9. The highest BCUT2D eigenvalue weighted by Crippen LogP contribution is 2.35. The Bertz CT molecular complexity index is 441. The summed E-state index contributed by atoms with van der Waals surface area (Å²) in [5.41, 5.74) is 1.04. The van der Waals surface area contributed by atoms with Crippen LogP contribution in [-0.4, -0.2) is 29.1 Å². The maximum Gasteiger partial charge on any atom is 0.0802 e. The molecule has 2 nitrogen and oxygen atoms in total. The zero-order chi connectivity index (χ0) is 14.7. The quantitative estimate of drug-likeness (QED) is 0.842. The first-order chi connectivity index (χ1) is 10.2. The fourth-order valence-electron chi connectivity index (χ4n) is 4.15. The topological polar surface area (TPSA) is 23.5 Å². The number of rotatable bonds is 5. The molecule has 0 aromatic heterocycles. The summed E-state index contributed by atoms with van der Waals surface area (Å²) < 4.78 is 1.07. The van der Waals surface area contributed by atoms with Crippen molar-refractivity contribution in [2.24, 2.45) is 5.92 Å². The van der Waals surface area contributed by atoms with E-state index in [-0.39, 0.29) is 6.10 Å². The second-order valence-electron chi connectivity index (χ2n) is 6.65. The second kappa shape index (κ2) is 7.26. The Balaban J connectivity index is 1.52. The zero-order valence-electron chi connectivity index (χ0n) is 12.7. The zero-order valence-corrected chi connectivity index (χ0v) is 14.3. The fourth-order valence-corrected chi connectivity index (χ4v) is 4.41. The minimum Gasteiger partial charge on any atom is -0.388 e. The molecule has 21 heavy (non-hydrogen) atoms. The Hall–Kier alpha value is -0.380. The summed E-state index contributed by atoms with van der Waals surface area (Å²) >= 11 is 3.44. The molecule has 1 aromatic carbocycles. The van der Waals surface area contributed by atoms with Crippen LogP contribution in [-0.2, 0) is 0 Å². The molecule has 0 radical (unpaired) electrons. The van der Waals surface area contributed by atoms with Gasteiger partial charge < -0.3 is 10.0 Å². The van der Waals surface area contributed by atoms with Gasteiger partial charge in [-0.05, 0) is 62.3 Å². The molecule has 1 saturated carbocycles. The Morgan fingerprint density at radius 3 is 2.52 bits per heavy atom. The molecule has 1 aliphatic heterocycles. The van der Waals surface area contributed by atoms with Crippen LogP contribution in [0, 0.1) is 5.92 Å². The van der Waals surface area contributed by atoms with Crippen LogP contribution in [0.25, 0.3) is 0 Å². The van der Waals surface area contributed by atoms with E-state index < -0.39 is 0 Å². The largest absolute Gasteiger partial charge is 0.388 e. The lowest BCUT2D eigenvalue weighted by Crippen LogP contribution is -2.35. The first kappa shape index (κ1) is 15.5. The van der Waals surface area contributed by atoms with E-state index in [1.54, 1.807) is 0 Å². The number of nitrogens with zero attached hydrogens (tertiary/aromatic N) is 1. The summed E-state index contributed by atoms with van der Waals surface area (Å²) in [5, 5.41) is 10.4. The molecule has 1 heterocycles. The highest BCUT2D eigenvalue weighted by molar-refractivity contribution is 9.10. The normalized spacial score (nSPS) is 25.5. The van der Waals surface area contributed by atoms with Crippen molar-refractivity contribution in [2.45, 2.75) is 57.1 Å². The minimum atomic E-state index is -0.331. The van der Waals surface area contributed by atoms with Crippen molar-refractivity contribution in [2.75, 3.05) is 13.1 Å². The number of likely N-dealkylation sites (tertiary alicyclic amines) is 1. The van der Waals surface area contributed by atoms with E-state index in [9.17, 15) is 5.11 Å². The summed E-state index contributed by atoms with van der Waals surface area (Å²) in [6.45, 7) is 2.27. The molecule has 0 spiro atoms. The number of aliphatic hydroxyl groups excluding tert-OH is 1. The molecule has 2 atom stereocenters. The van der Waals surface area contributed by atoms with Crippen LogP contribution in [0.4, 0.5) is 0 Å². The summed E-state index contributed by atoms with van der Waals surface area (Å²) in [6, 6.07) is 8.86. The maximum absolute atomic E-state index is 10.4. The SMILES string of the molecule is OC(CCN1CCCC1C1CCCC1)c1ccc(Br)cc1. The molecular weight excluding hydrogens is 326 g/mol. The lowest BCUT2D eigenvalue weighted by atomic mass is 9.95. The first-order valence-corrected chi connectivity index (χ1v) is 9.21. The molecule has 1 N–H and O–H groups in total. The highest BCUT2D eigenvalue weighted by Gasteiger charge is 2.33. The molecule has 1 aliphatic carbocycles. The third-order valence-electron chi connectivity index (χ3n) is 5.30. The predicted octanol–water partition coefficient (Wildman–Crippen LogP) is 4.53. The Morgan fingerprint density at radius 1 is 1.10 bits per heavy atom. The fraction of sp³-hybridized carbons (Fsp3) is 0.667. The van der Waals surface area contributed by atoms with Crippen molar-refractivity contribution < 1.29 is 5.11 Å². The summed E-state index contributed by atoms with van der Waals surface area (Å²) in [5.74, 6) is 0.928. The standard InChI is InChI=1S/C18H26BrNO/c19-16-9-7-15(8-10-16)18(21)11-13-20-12-3-6-17(20)14-4-1-2-5-14/h7-10,14,17-18,21H,1-6,11-13H2. The van der Waals surface area contributed by atoms with Gasteiger partial charge in [-0.15, -0.1) is 0 Å². The molecule has 2 fully saturated rings. The predicted molar refractivity (Wildman–Crippen MR) is 90.3 cm³/mol. The van der Waals surface area contributed by atoms with E-state index in [1.807, 2.05) is 24.3 Å². The minimum absolute atomic E-state index is 0.331. The van der Waals surface area contributed by atoms with Crippen molar-refractivity contribution in [1.29, 1.82) is 0 Å². The van der Waals surface area contributed by atoms with E-state index in [1.165, 1.54) is 45.1 Å². The monoisotopic (exact) mass is 351 g/mol. The summed E-state index contributed by atoms with van der Waals surface area (Å²) in [6.07, 6.45) is 8.95.